The van der Waals surface area contributed by atoms with Crippen LogP contribution in [0.15, 0.2) is 6.07 Å². The number of hydrogen-bond donors (Lipinski definition) is 2. The molecule has 0 radical (unpaired) electrons. The number of nitrogens with zero attached hydrogens (tertiary/aromatic N) is 3. The van der Waals surface area contributed by atoms with Gasteiger partial charge in [-0.3, -0.25) is 4.90 Å². The molecule has 0 saturated heterocycles. The monoisotopic (exact) mass is 264 g/mol. The minimum atomic E-state index is 0.196. The Balaban J connectivity index is 2.09. The molecule has 0 unspecified atom stereocenters. The van der Waals surface area contributed by atoms with E-state index in [1.165, 1.54) is 25.7 Å². The lowest BCUT2D eigenvalue weighted by Crippen LogP contribution is -2.35. The standard InChI is InChI=1S/C14H24N4O/c1-11-9-13(15-2)17-14(16-11)10-18(7-8-19)12-5-3-4-6-12/h9,12,19H,3-8,10H2,1-2H3,(H,15,16,17). The lowest BCUT2D eigenvalue weighted by atomic mass is 10.2. The van der Waals surface area contributed by atoms with Crippen molar-refractivity contribution in [2.24, 2.45) is 0 Å². The minimum absolute atomic E-state index is 0.196. The van der Waals surface area contributed by atoms with Gasteiger partial charge in [-0.05, 0) is 19.8 Å². The fourth-order valence-electron chi connectivity index (χ4n) is 2.80. The molecule has 0 aromatic carbocycles. The van der Waals surface area contributed by atoms with Crippen molar-refractivity contribution in [3.8, 4) is 0 Å². The Morgan fingerprint density at radius 3 is 2.74 bits per heavy atom. The highest BCUT2D eigenvalue weighted by Crippen LogP contribution is 2.24. The van der Waals surface area contributed by atoms with Crippen LogP contribution in [0, 0.1) is 6.92 Å². The molecule has 2 N–H and O–H groups in total. The highest BCUT2D eigenvalue weighted by Gasteiger charge is 2.23. The van der Waals surface area contributed by atoms with E-state index >= 15 is 0 Å². The van der Waals surface area contributed by atoms with Gasteiger partial charge in [0.25, 0.3) is 0 Å². The number of nitrogens with one attached hydrogen (secondary N) is 1. The molecule has 1 aromatic heterocycles. The van der Waals surface area contributed by atoms with E-state index in [1.807, 2.05) is 20.0 Å². The molecule has 2 rings (SSSR count). The molecule has 0 bridgehead atoms. The number of aryl methyl sites for hydroxylation is 1. The molecule has 0 spiro atoms. The van der Waals surface area contributed by atoms with Crippen LogP contribution in [0.25, 0.3) is 0 Å². The van der Waals surface area contributed by atoms with Crippen molar-refractivity contribution in [3.05, 3.63) is 17.6 Å². The summed E-state index contributed by atoms with van der Waals surface area (Å²) in [4.78, 5) is 11.3. The quantitative estimate of drug-likeness (QED) is 0.816. The van der Waals surface area contributed by atoms with E-state index in [1.54, 1.807) is 0 Å². The Morgan fingerprint density at radius 1 is 1.37 bits per heavy atom. The van der Waals surface area contributed by atoms with Gasteiger partial charge in [-0.2, -0.15) is 0 Å². The van der Waals surface area contributed by atoms with Gasteiger partial charge < -0.3 is 10.4 Å². The van der Waals surface area contributed by atoms with Crippen LogP contribution in [-0.2, 0) is 6.54 Å². The Hall–Kier alpha value is -1.20. The van der Waals surface area contributed by atoms with E-state index in [4.69, 9.17) is 0 Å². The molecule has 1 aliphatic rings. The average Bonchev–Trinajstić information content (AvgIpc) is 2.91. The van der Waals surface area contributed by atoms with Crippen molar-refractivity contribution < 1.29 is 5.11 Å². The zero-order valence-electron chi connectivity index (χ0n) is 11.9. The van der Waals surface area contributed by atoms with Crippen LogP contribution in [-0.4, -0.2) is 46.2 Å². The lowest BCUT2D eigenvalue weighted by Gasteiger charge is -2.27. The van der Waals surface area contributed by atoms with Crippen LogP contribution in [0.4, 0.5) is 5.82 Å². The first-order chi connectivity index (χ1) is 9.22. The predicted octanol–water partition coefficient (Wildman–Crippen LogP) is 1.56. The smallest absolute Gasteiger partial charge is 0.144 e. The molecule has 1 aliphatic carbocycles. The van der Waals surface area contributed by atoms with Gasteiger partial charge in [-0.1, -0.05) is 12.8 Å². The fraction of sp³-hybridized carbons (Fsp3) is 0.714. The predicted molar refractivity (Wildman–Crippen MR) is 76.1 cm³/mol. The summed E-state index contributed by atoms with van der Waals surface area (Å²) in [6.07, 6.45) is 5.04. The van der Waals surface area contributed by atoms with Gasteiger partial charge in [0.2, 0.25) is 0 Å². The summed E-state index contributed by atoms with van der Waals surface area (Å²) in [6, 6.07) is 2.52. The number of rotatable bonds is 6. The Morgan fingerprint density at radius 2 is 2.11 bits per heavy atom. The molecule has 5 nitrogen and oxygen atoms in total. The van der Waals surface area contributed by atoms with Gasteiger partial charge in [-0.15, -0.1) is 0 Å². The second-order valence-corrected chi connectivity index (χ2v) is 5.19. The topological polar surface area (TPSA) is 61.3 Å². The van der Waals surface area contributed by atoms with Crippen LogP contribution in [0.1, 0.15) is 37.2 Å². The zero-order valence-corrected chi connectivity index (χ0v) is 11.9. The lowest BCUT2D eigenvalue weighted by molar-refractivity contribution is 0.141. The number of anilines is 1. The molecule has 1 aromatic rings. The number of aliphatic hydroxyl groups excluding tert-OH is 1. The first-order valence-corrected chi connectivity index (χ1v) is 7.10. The number of aromatic nitrogens is 2. The van der Waals surface area contributed by atoms with E-state index in [9.17, 15) is 5.11 Å². The van der Waals surface area contributed by atoms with Crippen LogP contribution in [0.3, 0.4) is 0 Å². The molecule has 106 valence electrons. The molecule has 0 amide bonds. The van der Waals surface area contributed by atoms with Gasteiger partial charge in [0.05, 0.1) is 13.2 Å². The maximum Gasteiger partial charge on any atom is 0.144 e. The third-order valence-corrected chi connectivity index (χ3v) is 3.73. The molecule has 1 fully saturated rings. The summed E-state index contributed by atoms with van der Waals surface area (Å²) < 4.78 is 0. The Kier molecular flexibility index (Phi) is 5.10. The number of hydrogen-bond acceptors (Lipinski definition) is 5. The third-order valence-electron chi connectivity index (χ3n) is 3.73. The van der Waals surface area contributed by atoms with Gasteiger partial charge in [0.15, 0.2) is 0 Å². The van der Waals surface area contributed by atoms with Crippen LogP contribution in [0.2, 0.25) is 0 Å². The highest BCUT2D eigenvalue weighted by atomic mass is 16.3. The number of aliphatic hydroxyl groups is 1. The summed E-state index contributed by atoms with van der Waals surface area (Å²) in [5.41, 5.74) is 0.977. The van der Waals surface area contributed by atoms with Crippen LogP contribution < -0.4 is 5.32 Å². The molecule has 1 heterocycles. The van der Waals surface area contributed by atoms with E-state index in [0.717, 1.165) is 23.9 Å². The highest BCUT2D eigenvalue weighted by molar-refractivity contribution is 5.34. The SMILES string of the molecule is CNc1cc(C)nc(CN(CCO)C2CCCC2)n1. The van der Waals surface area contributed by atoms with Crippen molar-refractivity contribution in [3.63, 3.8) is 0 Å². The van der Waals surface area contributed by atoms with Gasteiger partial charge in [-0.25, -0.2) is 9.97 Å². The molecule has 19 heavy (non-hydrogen) atoms. The second-order valence-electron chi connectivity index (χ2n) is 5.19. The normalized spacial score (nSPS) is 16.2. The second kappa shape index (κ2) is 6.82. The van der Waals surface area contributed by atoms with Crippen LogP contribution in [0.5, 0.6) is 0 Å². The minimum Gasteiger partial charge on any atom is -0.395 e. The summed E-state index contributed by atoms with van der Waals surface area (Å²) in [6.45, 7) is 3.61. The molecule has 0 aliphatic heterocycles. The fourth-order valence-corrected chi connectivity index (χ4v) is 2.80. The van der Waals surface area contributed by atoms with Crippen molar-refractivity contribution in [1.82, 2.24) is 14.9 Å². The van der Waals surface area contributed by atoms with E-state index in [-0.39, 0.29) is 6.61 Å². The maximum atomic E-state index is 9.24. The largest absolute Gasteiger partial charge is 0.395 e. The van der Waals surface area contributed by atoms with Gasteiger partial charge in [0.1, 0.15) is 11.6 Å². The molecular weight excluding hydrogens is 240 g/mol. The Labute approximate surface area is 115 Å². The van der Waals surface area contributed by atoms with Crippen molar-refractivity contribution in [2.45, 2.75) is 45.2 Å². The van der Waals surface area contributed by atoms with Crippen molar-refractivity contribution in [1.29, 1.82) is 0 Å². The zero-order chi connectivity index (χ0) is 13.7. The first kappa shape index (κ1) is 14.2. The van der Waals surface area contributed by atoms with Crippen molar-refractivity contribution in [2.75, 3.05) is 25.5 Å². The molecule has 0 atom stereocenters. The summed E-state index contributed by atoms with van der Waals surface area (Å²) in [5, 5.41) is 12.3. The summed E-state index contributed by atoms with van der Waals surface area (Å²) >= 11 is 0. The average molecular weight is 264 g/mol. The van der Waals surface area contributed by atoms with Gasteiger partial charge >= 0.3 is 0 Å². The van der Waals surface area contributed by atoms with Crippen molar-refractivity contribution >= 4 is 5.82 Å². The molecule has 5 heteroatoms. The van der Waals surface area contributed by atoms with Crippen LogP contribution >= 0.6 is 0 Å². The third kappa shape index (κ3) is 3.88. The summed E-state index contributed by atoms with van der Waals surface area (Å²) in [7, 11) is 1.87. The summed E-state index contributed by atoms with van der Waals surface area (Å²) in [5.74, 6) is 1.70. The van der Waals surface area contributed by atoms with E-state index in [0.29, 0.717) is 12.6 Å². The molecule has 1 saturated carbocycles. The van der Waals surface area contributed by atoms with E-state index < -0.39 is 0 Å². The molecular formula is C14H24N4O. The Bertz CT molecular complexity index is 404. The van der Waals surface area contributed by atoms with E-state index in [2.05, 4.69) is 20.2 Å². The van der Waals surface area contributed by atoms with Gasteiger partial charge in [0, 0.05) is 31.4 Å². The maximum absolute atomic E-state index is 9.24. The first-order valence-electron chi connectivity index (χ1n) is 7.10.